The zero-order valence-electron chi connectivity index (χ0n) is 14.1. The van der Waals surface area contributed by atoms with Crippen LogP contribution < -0.4 is 5.32 Å². The second-order valence-electron chi connectivity index (χ2n) is 7.73. The van der Waals surface area contributed by atoms with Gasteiger partial charge in [-0.2, -0.15) is 0 Å². The van der Waals surface area contributed by atoms with E-state index in [1.807, 2.05) is 4.68 Å². The molecule has 22 heavy (non-hydrogen) atoms. The third-order valence-electron chi connectivity index (χ3n) is 4.59. The van der Waals surface area contributed by atoms with Gasteiger partial charge in [0.05, 0.1) is 17.4 Å². The number of aromatic nitrogens is 3. The van der Waals surface area contributed by atoms with Crippen molar-refractivity contribution in [1.29, 1.82) is 0 Å². The molecule has 1 aromatic heterocycles. The van der Waals surface area contributed by atoms with E-state index in [2.05, 4.69) is 47.5 Å². The van der Waals surface area contributed by atoms with E-state index in [1.165, 1.54) is 45.3 Å². The Morgan fingerprint density at radius 2 is 1.86 bits per heavy atom. The van der Waals surface area contributed by atoms with E-state index in [-0.39, 0.29) is 17.9 Å². The van der Waals surface area contributed by atoms with Crippen LogP contribution in [-0.2, 0) is 12.1 Å². The van der Waals surface area contributed by atoms with Gasteiger partial charge in [-0.05, 0) is 58.9 Å². The molecule has 2 fully saturated rings. The first-order valence-corrected chi connectivity index (χ1v) is 8.38. The van der Waals surface area contributed by atoms with Crippen molar-refractivity contribution in [2.45, 2.75) is 64.6 Å². The highest BCUT2D eigenvalue weighted by molar-refractivity contribution is 5.85. The summed E-state index contributed by atoms with van der Waals surface area (Å²) in [5.74, 6) is 0.982. The maximum atomic E-state index is 4.32. The summed E-state index contributed by atoms with van der Waals surface area (Å²) in [4.78, 5) is 2.51. The molecule has 1 N–H and O–H groups in total. The van der Waals surface area contributed by atoms with E-state index < -0.39 is 0 Å². The van der Waals surface area contributed by atoms with E-state index >= 15 is 0 Å². The first-order chi connectivity index (χ1) is 10.0. The average Bonchev–Trinajstić information content (AvgIpc) is 3.14. The van der Waals surface area contributed by atoms with Gasteiger partial charge < -0.3 is 5.32 Å². The topological polar surface area (TPSA) is 46.0 Å². The van der Waals surface area contributed by atoms with Crippen LogP contribution in [0.25, 0.3) is 0 Å². The lowest BCUT2D eigenvalue weighted by atomic mass is 10.0. The largest absolute Gasteiger partial charge is 0.314 e. The summed E-state index contributed by atoms with van der Waals surface area (Å²) in [7, 11) is 0. The average molecular weight is 328 g/mol. The van der Waals surface area contributed by atoms with Gasteiger partial charge in [0, 0.05) is 25.7 Å². The summed E-state index contributed by atoms with van der Waals surface area (Å²) < 4.78 is 1.96. The summed E-state index contributed by atoms with van der Waals surface area (Å²) in [5.41, 5.74) is 1.11. The maximum Gasteiger partial charge on any atom is 0.0967 e. The van der Waals surface area contributed by atoms with Gasteiger partial charge in [0.2, 0.25) is 0 Å². The minimum atomic E-state index is 0. The van der Waals surface area contributed by atoms with E-state index in [4.69, 9.17) is 0 Å². The smallest absolute Gasteiger partial charge is 0.0967 e. The Labute approximate surface area is 140 Å². The molecule has 0 aromatic carbocycles. The first kappa shape index (κ1) is 17.7. The van der Waals surface area contributed by atoms with Crippen molar-refractivity contribution >= 4 is 12.4 Å². The van der Waals surface area contributed by atoms with Gasteiger partial charge in [-0.1, -0.05) is 5.21 Å². The second-order valence-corrected chi connectivity index (χ2v) is 7.73. The van der Waals surface area contributed by atoms with Crippen LogP contribution in [0, 0.1) is 5.92 Å². The van der Waals surface area contributed by atoms with Crippen LogP contribution in [0.3, 0.4) is 0 Å². The number of likely N-dealkylation sites (tertiary alicyclic amines) is 1. The SMILES string of the molecule is CC(C)(C)n1cc(CN2CCC(NCC3CC3)CC2)nn1.Cl. The Bertz CT molecular complexity index is 455. The molecule has 0 bridgehead atoms. The van der Waals surface area contributed by atoms with Crippen molar-refractivity contribution in [3.8, 4) is 0 Å². The molecule has 2 heterocycles. The van der Waals surface area contributed by atoms with E-state index in [9.17, 15) is 0 Å². The molecule has 3 rings (SSSR count). The molecule has 0 atom stereocenters. The molecule has 0 spiro atoms. The Morgan fingerprint density at radius 1 is 1.18 bits per heavy atom. The minimum Gasteiger partial charge on any atom is -0.314 e. The highest BCUT2D eigenvalue weighted by Crippen LogP contribution is 2.28. The lowest BCUT2D eigenvalue weighted by molar-refractivity contribution is 0.188. The molecule has 0 amide bonds. The summed E-state index contributed by atoms with van der Waals surface area (Å²) in [6, 6.07) is 0.729. The number of piperidine rings is 1. The molecular weight excluding hydrogens is 298 g/mol. The molecule has 1 saturated heterocycles. The summed E-state index contributed by atoms with van der Waals surface area (Å²) >= 11 is 0. The van der Waals surface area contributed by atoms with Gasteiger partial charge in [0.15, 0.2) is 0 Å². The molecule has 1 aliphatic carbocycles. The summed E-state index contributed by atoms with van der Waals surface area (Å²) in [6.07, 6.45) is 7.50. The molecule has 0 radical (unpaired) electrons. The van der Waals surface area contributed by atoms with Crippen LogP contribution >= 0.6 is 12.4 Å². The van der Waals surface area contributed by atoms with Gasteiger partial charge in [0.1, 0.15) is 0 Å². The lowest BCUT2D eigenvalue weighted by Crippen LogP contribution is -2.42. The van der Waals surface area contributed by atoms with Gasteiger partial charge >= 0.3 is 0 Å². The Balaban J connectivity index is 0.00000176. The fourth-order valence-corrected chi connectivity index (χ4v) is 2.88. The van der Waals surface area contributed by atoms with Crippen LogP contribution in [0.2, 0.25) is 0 Å². The predicted octanol–water partition coefficient (Wildman–Crippen LogP) is 2.42. The lowest BCUT2D eigenvalue weighted by Gasteiger charge is -2.32. The van der Waals surface area contributed by atoms with Crippen LogP contribution in [-0.4, -0.2) is 45.6 Å². The van der Waals surface area contributed by atoms with E-state index in [0.29, 0.717) is 0 Å². The van der Waals surface area contributed by atoms with E-state index in [1.54, 1.807) is 0 Å². The molecule has 1 saturated carbocycles. The quantitative estimate of drug-likeness (QED) is 0.902. The first-order valence-electron chi connectivity index (χ1n) is 8.38. The third-order valence-corrected chi connectivity index (χ3v) is 4.59. The molecule has 5 nitrogen and oxygen atoms in total. The highest BCUT2D eigenvalue weighted by Gasteiger charge is 2.25. The van der Waals surface area contributed by atoms with Crippen LogP contribution in [0.1, 0.15) is 52.1 Å². The van der Waals surface area contributed by atoms with Gasteiger partial charge in [-0.25, -0.2) is 4.68 Å². The second kappa shape index (κ2) is 7.28. The third kappa shape index (κ3) is 4.93. The Hall–Kier alpha value is -0.650. The van der Waals surface area contributed by atoms with Crippen molar-refractivity contribution < 1.29 is 0 Å². The standard InChI is InChI=1S/C16H29N5.ClH/c1-16(2,3)21-12-15(18-19-21)11-20-8-6-14(7-9-20)17-10-13-4-5-13;/h12-14,17H,4-11H2,1-3H3;1H. The van der Waals surface area contributed by atoms with Gasteiger partial charge in [-0.3, -0.25) is 4.90 Å². The molecule has 126 valence electrons. The van der Waals surface area contributed by atoms with Crippen molar-refractivity contribution in [3.05, 3.63) is 11.9 Å². The van der Waals surface area contributed by atoms with Crippen LogP contribution in [0.15, 0.2) is 6.20 Å². The maximum absolute atomic E-state index is 4.32. The van der Waals surface area contributed by atoms with E-state index in [0.717, 1.165) is 24.2 Å². The Kier molecular flexibility index (Phi) is 5.86. The molecule has 0 unspecified atom stereocenters. The molecular formula is C16H30ClN5. The molecule has 1 aliphatic heterocycles. The molecule has 1 aromatic rings. The normalized spacial score (nSPS) is 20.9. The van der Waals surface area contributed by atoms with Crippen LogP contribution in [0.5, 0.6) is 0 Å². The van der Waals surface area contributed by atoms with Crippen LogP contribution in [0.4, 0.5) is 0 Å². The number of nitrogens with zero attached hydrogens (tertiary/aromatic N) is 4. The molecule has 6 heteroatoms. The fraction of sp³-hybridized carbons (Fsp3) is 0.875. The van der Waals surface area contributed by atoms with Crippen molar-refractivity contribution in [2.75, 3.05) is 19.6 Å². The summed E-state index contributed by atoms with van der Waals surface area (Å²) in [5, 5.41) is 12.3. The fourth-order valence-electron chi connectivity index (χ4n) is 2.88. The number of halogens is 1. The monoisotopic (exact) mass is 327 g/mol. The van der Waals surface area contributed by atoms with Crippen molar-refractivity contribution in [3.63, 3.8) is 0 Å². The van der Waals surface area contributed by atoms with Crippen molar-refractivity contribution in [1.82, 2.24) is 25.2 Å². The zero-order chi connectivity index (χ0) is 14.9. The van der Waals surface area contributed by atoms with Gasteiger partial charge in [0.25, 0.3) is 0 Å². The minimum absolute atomic E-state index is 0. The van der Waals surface area contributed by atoms with Crippen molar-refractivity contribution in [2.24, 2.45) is 5.92 Å². The number of hydrogen-bond acceptors (Lipinski definition) is 4. The number of rotatable bonds is 5. The molecule has 2 aliphatic rings. The highest BCUT2D eigenvalue weighted by atomic mass is 35.5. The van der Waals surface area contributed by atoms with Gasteiger partial charge in [-0.15, -0.1) is 17.5 Å². The summed E-state index contributed by atoms with van der Waals surface area (Å²) in [6.45, 7) is 11.0. The number of nitrogens with one attached hydrogen (secondary N) is 1. The zero-order valence-corrected chi connectivity index (χ0v) is 14.9. The Morgan fingerprint density at radius 3 is 2.41 bits per heavy atom. The number of hydrogen-bond donors (Lipinski definition) is 1. The predicted molar refractivity (Wildman–Crippen MR) is 91.3 cm³/mol.